The zero-order chi connectivity index (χ0) is 18.1. The van der Waals surface area contributed by atoms with E-state index in [-0.39, 0.29) is 17.4 Å². The van der Waals surface area contributed by atoms with Crippen LogP contribution >= 0.6 is 15.9 Å². The first-order valence-electron chi connectivity index (χ1n) is 6.71. The van der Waals surface area contributed by atoms with E-state index in [1.54, 1.807) is 0 Å². The molecule has 0 aliphatic heterocycles. The number of nitrogens with zero attached hydrogens (tertiary/aromatic N) is 3. The Labute approximate surface area is 146 Å². The molecule has 2 heterocycles. The van der Waals surface area contributed by atoms with Crippen molar-refractivity contribution in [2.75, 3.05) is 5.32 Å². The molecule has 0 atom stereocenters. The van der Waals surface area contributed by atoms with Gasteiger partial charge in [0.1, 0.15) is 11.5 Å². The second-order valence-corrected chi connectivity index (χ2v) is 5.77. The zero-order valence-corrected chi connectivity index (χ0v) is 13.7. The Balaban J connectivity index is 1.78. The molecule has 130 valence electrons. The Kier molecular flexibility index (Phi) is 4.57. The fraction of sp³-hybridized carbons (Fsp3) is 0.0714. The van der Waals surface area contributed by atoms with Gasteiger partial charge in [-0.05, 0) is 15.9 Å². The van der Waals surface area contributed by atoms with Gasteiger partial charge in [-0.2, -0.15) is 10.2 Å². The maximum atomic E-state index is 13.7. The van der Waals surface area contributed by atoms with Crippen LogP contribution in [-0.4, -0.2) is 25.9 Å². The van der Waals surface area contributed by atoms with Crippen molar-refractivity contribution in [3.63, 3.8) is 0 Å². The number of benzene rings is 1. The molecule has 6 nitrogen and oxygen atoms in total. The van der Waals surface area contributed by atoms with Gasteiger partial charge in [-0.1, -0.05) is 0 Å². The van der Waals surface area contributed by atoms with Gasteiger partial charge in [0, 0.05) is 17.8 Å². The summed E-state index contributed by atoms with van der Waals surface area (Å²) in [6.45, 7) is -0.488. The van der Waals surface area contributed by atoms with Crippen LogP contribution in [0.15, 0.2) is 29.1 Å². The molecule has 0 radical (unpaired) electrons. The van der Waals surface area contributed by atoms with Gasteiger partial charge in [0.25, 0.3) is 5.91 Å². The minimum absolute atomic E-state index is 0.172. The molecule has 3 rings (SSSR count). The number of aromatic amines is 1. The zero-order valence-electron chi connectivity index (χ0n) is 12.2. The molecule has 0 bridgehead atoms. The second kappa shape index (κ2) is 6.67. The molecule has 2 N–H and O–H groups in total. The molecule has 0 saturated carbocycles. The number of carbonyl (C=O) groups excluding carboxylic acids is 1. The highest BCUT2D eigenvalue weighted by molar-refractivity contribution is 9.10. The number of hydrogen-bond acceptors (Lipinski definition) is 3. The molecule has 1 amide bonds. The summed E-state index contributed by atoms with van der Waals surface area (Å²) in [5.41, 5.74) is -0.281. The number of carbonyl (C=O) groups is 1. The van der Waals surface area contributed by atoms with Crippen molar-refractivity contribution in [3.05, 3.63) is 63.7 Å². The van der Waals surface area contributed by atoms with Gasteiger partial charge >= 0.3 is 0 Å². The molecular weight excluding hydrogens is 410 g/mol. The van der Waals surface area contributed by atoms with E-state index < -0.39 is 41.3 Å². The van der Waals surface area contributed by atoms with E-state index in [0.717, 1.165) is 4.68 Å². The van der Waals surface area contributed by atoms with E-state index in [4.69, 9.17) is 0 Å². The van der Waals surface area contributed by atoms with E-state index in [9.17, 15) is 22.4 Å². The van der Waals surface area contributed by atoms with Gasteiger partial charge in [0.2, 0.25) is 0 Å². The molecule has 0 aliphatic carbocycles. The Morgan fingerprint density at radius 3 is 2.64 bits per heavy atom. The lowest BCUT2D eigenvalue weighted by molar-refractivity contribution is 0.102. The van der Waals surface area contributed by atoms with Crippen molar-refractivity contribution >= 4 is 27.5 Å². The van der Waals surface area contributed by atoms with Crippen LogP contribution in [0.1, 0.15) is 16.1 Å². The molecular formula is C14H8BrF4N5O. The number of H-pyrrole nitrogens is 1. The number of anilines is 1. The molecule has 11 heteroatoms. The van der Waals surface area contributed by atoms with Crippen LogP contribution in [-0.2, 0) is 6.54 Å². The van der Waals surface area contributed by atoms with E-state index in [1.165, 1.54) is 18.6 Å². The first kappa shape index (κ1) is 17.1. The number of nitrogens with one attached hydrogen (secondary N) is 2. The molecule has 2 aromatic heterocycles. The predicted molar refractivity (Wildman–Crippen MR) is 81.8 cm³/mol. The average molecular weight is 418 g/mol. The van der Waals surface area contributed by atoms with Gasteiger partial charge in [-0.3, -0.25) is 14.6 Å². The summed E-state index contributed by atoms with van der Waals surface area (Å²) in [6.07, 6.45) is 3.91. The molecule has 0 aliphatic rings. The maximum Gasteiger partial charge on any atom is 0.274 e. The highest BCUT2D eigenvalue weighted by Gasteiger charge is 2.20. The van der Waals surface area contributed by atoms with Gasteiger partial charge in [0.05, 0.1) is 29.1 Å². The Morgan fingerprint density at radius 2 is 1.96 bits per heavy atom. The number of hydrogen-bond donors (Lipinski definition) is 2. The van der Waals surface area contributed by atoms with Crippen molar-refractivity contribution in [3.8, 4) is 0 Å². The van der Waals surface area contributed by atoms with Gasteiger partial charge in [-0.15, -0.1) is 0 Å². The maximum absolute atomic E-state index is 13.7. The molecule has 3 aromatic rings. The van der Waals surface area contributed by atoms with E-state index in [2.05, 4.69) is 36.5 Å². The van der Waals surface area contributed by atoms with Crippen molar-refractivity contribution in [2.24, 2.45) is 0 Å². The minimum Gasteiger partial charge on any atom is -0.318 e. The summed E-state index contributed by atoms with van der Waals surface area (Å²) < 4.78 is 55.0. The fourth-order valence-electron chi connectivity index (χ4n) is 2.05. The highest BCUT2D eigenvalue weighted by Crippen LogP contribution is 2.21. The summed E-state index contributed by atoms with van der Waals surface area (Å²) in [6, 6.07) is 0.260. The Morgan fingerprint density at radius 1 is 1.20 bits per heavy atom. The summed E-state index contributed by atoms with van der Waals surface area (Å²) in [4.78, 5) is 12.0. The predicted octanol–water partition coefficient (Wildman–Crippen LogP) is 3.23. The third kappa shape index (κ3) is 3.40. The normalized spacial score (nSPS) is 10.9. The van der Waals surface area contributed by atoms with Crippen LogP contribution in [0.5, 0.6) is 0 Å². The van der Waals surface area contributed by atoms with E-state index >= 15 is 0 Å². The topological polar surface area (TPSA) is 75.6 Å². The van der Waals surface area contributed by atoms with Crippen molar-refractivity contribution < 1.29 is 22.4 Å². The summed E-state index contributed by atoms with van der Waals surface area (Å²) in [7, 11) is 0. The third-order valence-corrected chi connectivity index (χ3v) is 3.84. The lowest BCUT2D eigenvalue weighted by Crippen LogP contribution is -2.12. The monoisotopic (exact) mass is 417 g/mol. The van der Waals surface area contributed by atoms with Crippen molar-refractivity contribution in [1.29, 1.82) is 0 Å². The molecule has 0 fully saturated rings. The van der Waals surface area contributed by atoms with E-state index in [1.807, 2.05) is 0 Å². The molecule has 0 unspecified atom stereocenters. The lowest BCUT2D eigenvalue weighted by Gasteiger charge is -2.07. The highest BCUT2D eigenvalue weighted by atomic mass is 79.9. The largest absolute Gasteiger partial charge is 0.318 e. The average Bonchev–Trinajstić information content (AvgIpc) is 3.18. The quantitative estimate of drug-likeness (QED) is 0.388. The fourth-order valence-corrected chi connectivity index (χ4v) is 2.42. The molecule has 0 saturated heterocycles. The van der Waals surface area contributed by atoms with Crippen molar-refractivity contribution in [1.82, 2.24) is 20.0 Å². The van der Waals surface area contributed by atoms with Crippen LogP contribution in [0.3, 0.4) is 0 Å². The van der Waals surface area contributed by atoms with E-state index in [0.29, 0.717) is 4.47 Å². The first-order chi connectivity index (χ1) is 11.9. The van der Waals surface area contributed by atoms with Gasteiger partial charge in [0.15, 0.2) is 17.5 Å². The summed E-state index contributed by atoms with van der Waals surface area (Å²) >= 11 is 3.13. The number of amides is 1. The third-order valence-electron chi connectivity index (χ3n) is 3.24. The molecule has 0 spiro atoms. The summed E-state index contributed by atoms with van der Waals surface area (Å²) in [5, 5.41) is 12.5. The summed E-state index contributed by atoms with van der Waals surface area (Å²) in [5.74, 6) is -6.76. The van der Waals surface area contributed by atoms with Crippen LogP contribution in [0.4, 0.5) is 23.2 Å². The van der Waals surface area contributed by atoms with Crippen LogP contribution < -0.4 is 5.32 Å². The number of rotatable bonds is 4. The Bertz CT molecular complexity index is 955. The standard InChI is InChI=1S/C14H8BrF4N5O/c15-8-3-20-23-13(8)14(25)22-6-2-21-24(4-6)5-7-9(16)1-10(17)12(19)11(7)18/h1-4H,5H2,(H,20,23)(H,22,25). The van der Waals surface area contributed by atoms with Crippen LogP contribution in [0.2, 0.25) is 0 Å². The van der Waals surface area contributed by atoms with Crippen molar-refractivity contribution in [2.45, 2.75) is 6.54 Å². The number of halogens is 5. The SMILES string of the molecule is O=C(Nc1cnn(Cc2c(F)cc(F)c(F)c2F)c1)c1[nH]ncc1Br. The Hall–Kier alpha value is -2.69. The lowest BCUT2D eigenvalue weighted by atomic mass is 10.2. The van der Waals surface area contributed by atoms with Crippen LogP contribution in [0.25, 0.3) is 0 Å². The van der Waals surface area contributed by atoms with Gasteiger partial charge in [-0.25, -0.2) is 17.6 Å². The molecule has 25 heavy (non-hydrogen) atoms. The minimum atomic E-state index is -1.76. The second-order valence-electron chi connectivity index (χ2n) is 4.92. The first-order valence-corrected chi connectivity index (χ1v) is 7.50. The van der Waals surface area contributed by atoms with Crippen LogP contribution in [0, 0.1) is 23.3 Å². The van der Waals surface area contributed by atoms with Gasteiger partial charge < -0.3 is 5.32 Å². The number of aromatic nitrogens is 4. The molecule has 1 aromatic carbocycles. The smallest absolute Gasteiger partial charge is 0.274 e.